The van der Waals surface area contributed by atoms with Crippen molar-refractivity contribution < 1.29 is 9.53 Å². The summed E-state index contributed by atoms with van der Waals surface area (Å²) in [5, 5.41) is 3.25. The van der Waals surface area contributed by atoms with Crippen LogP contribution < -0.4 is 5.32 Å². The Kier molecular flexibility index (Phi) is 1.83. The largest absolute Gasteiger partial charge is 0.443 e. The maximum atomic E-state index is 11.2. The van der Waals surface area contributed by atoms with Gasteiger partial charge in [0.15, 0.2) is 5.72 Å². The summed E-state index contributed by atoms with van der Waals surface area (Å²) < 4.78 is 5.35. The Morgan fingerprint density at radius 2 is 2.08 bits per heavy atom. The average molecular weight is 169 g/mol. The number of esters is 1. The van der Waals surface area contributed by atoms with E-state index in [4.69, 9.17) is 4.74 Å². The number of nitrogens with one attached hydrogen (secondary N) is 1. The van der Waals surface area contributed by atoms with Gasteiger partial charge in [0.25, 0.3) is 0 Å². The van der Waals surface area contributed by atoms with E-state index < -0.39 is 0 Å². The molecular weight excluding hydrogens is 154 g/mol. The van der Waals surface area contributed by atoms with Gasteiger partial charge in [0.05, 0.1) is 0 Å². The first-order valence-electron chi connectivity index (χ1n) is 4.72. The molecule has 0 aromatic carbocycles. The molecule has 1 aliphatic carbocycles. The number of carbonyl (C=O) groups excluding carboxylic acids is 1. The Balaban J connectivity index is 2.07. The standard InChI is InChI=1S/C9H15NO2/c1-7-8(11)12-9(10-7)5-3-2-4-6-9/h7,10H,2-6H2,1H3. The molecule has 2 fully saturated rings. The summed E-state index contributed by atoms with van der Waals surface area (Å²) in [6.07, 6.45) is 5.60. The third-order valence-corrected chi connectivity index (χ3v) is 2.79. The van der Waals surface area contributed by atoms with Crippen molar-refractivity contribution in [3.05, 3.63) is 0 Å². The van der Waals surface area contributed by atoms with E-state index in [0.29, 0.717) is 0 Å². The second-order valence-corrected chi connectivity index (χ2v) is 3.84. The zero-order valence-electron chi connectivity index (χ0n) is 7.43. The van der Waals surface area contributed by atoms with Gasteiger partial charge in [-0.1, -0.05) is 6.42 Å². The molecule has 1 unspecified atom stereocenters. The van der Waals surface area contributed by atoms with Gasteiger partial charge in [-0.2, -0.15) is 0 Å². The summed E-state index contributed by atoms with van der Waals surface area (Å²) in [4.78, 5) is 11.2. The van der Waals surface area contributed by atoms with Crippen LogP contribution in [0.3, 0.4) is 0 Å². The lowest BCUT2D eigenvalue weighted by Crippen LogP contribution is -2.44. The molecule has 1 atom stereocenters. The molecule has 1 saturated heterocycles. The van der Waals surface area contributed by atoms with Crippen molar-refractivity contribution in [3.63, 3.8) is 0 Å². The number of hydrogen-bond donors (Lipinski definition) is 1. The van der Waals surface area contributed by atoms with Crippen LogP contribution in [0.15, 0.2) is 0 Å². The smallest absolute Gasteiger partial charge is 0.324 e. The second-order valence-electron chi connectivity index (χ2n) is 3.84. The molecule has 0 aromatic heterocycles. The Morgan fingerprint density at radius 1 is 1.42 bits per heavy atom. The molecule has 1 heterocycles. The van der Waals surface area contributed by atoms with E-state index in [1.165, 1.54) is 19.3 Å². The quantitative estimate of drug-likeness (QED) is 0.553. The van der Waals surface area contributed by atoms with Crippen molar-refractivity contribution >= 4 is 5.97 Å². The summed E-state index contributed by atoms with van der Waals surface area (Å²) in [6, 6.07) is -0.108. The maximum absolute atomic E-state index is 11.2. The first kappa shape index (κ1) is 8.05. The molecule has 0 bridgehead atoms. The summed E-state index contributed by atoms with van der Waals surface area (Å²) in [7, 11) is 0. The minimum Gasteiger partial charge on any atom is -0.443 e. The number of rotatable bonds is 0. The molecule has 1 saturated carbocycles. The van der Waals surface area contributed by atoms with Crippen molar-refractivity contribution in [2.45, 2.75) is 50.8 Å². The molecule has 3 heteroatoms. The first-order chi connectivity index (χ1) is 5.72. The van der Waals surface area contributed by atoms with Gasteiger partial charge in [-0.3, -0.25) is 10.1 Å². The van der Waals surface area contributed by atoms with Crippen LogP contribution in [-0.2, 0) is 9.53 Å². The van der Waals surface area contributed by atoms with Gasteiger partial charge >= 0.3 is 5.97 Å². The Hall–Kier alpha value is -0.570. The van der Waals surface area contributed by atoms with E-state index in [-0.39, 0.29) is 17.7 Å². The lowest BCUT2D eigenvalue weighted by atomic mass is 9.92. The molecule has 2 rings (SSSR count). The fraction of sp³-hybridized carbons (Fsp3) is 0.889. The predicted octanol–water partition coefficient (Wildman–Crippen LogP) is 1.18. The maximum Gasteiger partial charge on any atom is 0.324 e. The van der Waals surface area contributed by atoms with Crippen LogP contribution in [-0.4, -0.2) is 17.7 Å². The Bertz CT molecular complexity index is 197. The van der Waals surface area contributed by atoms with E-state index in [0.717, 1.165) is 12.8 Å². The zero-order chi connectivity index (χ0) is 8.60. The highest BCUT2D eigenvalue weighted by atomic mass is 16.6. The van der Waals surface area contributed by atoms with Gasteiger partial charge in [0.2, 0.25) is 0 Å². The van der Waals surface area contributed by atoms with Gasteiger partial charge in [0.1, 0.15) is 6.04 Å². The van der Waals surface area contributed by atoms with E-state index in [1.807, 2.05) is 6.92 Å². The normalized spacial score (nSPS) is 33.8. The van der Waals surface area contributed by atoms with Crippen molar-refractivity contribution in [2.24, 2.45) is 0 Å². The van der Waals surface area contributed by atoms with Crippen LogP contribution in [0.2, 0.25) is 0 Å². The van der Waals surface area contributed by atoms with Crippen LogP contribution >= 0.6 is 0 Å². The minimum atomic E-state index is -0.283. The third kappa shape index (κ3) is 1.22. The van der Waals surface area contributed by atoms with E-state index in [9.17, 15) is 4.79 Å². The monoisotopic (exact) mass is 169 g/mol. The van der Waals surface area contributed by atoms with Gasteiger partial charge < -0.3 is 4.74 Å². The summed E-state index contributed by atoms with van der Waals surface area (Å²) in [5.74, 6) is -0.0862. The van der Waals surface area contributed by atoms with Gasteiger partial charge in [-0.05, 0) is 19.8 Å². The molecule has 1 aliphatic heterocycles. The number of carbonyl (C=O) groups is 1. The average Bonchev–Trinajstić information content (AvgIpc) is 2.29. The highest BCUT2D eigenvalue weighted by Gasteiger charge is 2.44. The molecule has 1 N–H and O–H groups in total. The Labute approximate surface area is 72.5 Å². The van der Waals surface area contributed by atoms with Gasteiger partial charge in [-0.25, -0.2) is 0 Å². The molecule has 68 valence electrons. The lowest BCUT2D eigenvalue weighted by Gasteiger charge is -2.31. The van der Waals surface area contributed by atoms with Crippen LogP contribution in [0.4, 0.5) is 0 Å². The summed E-state index contributed by atoms with van der Waals surface area (Å²) >= 11 is 0. The predicted molar refractivity (Wildman–Crippen MR) is 44.5 cm³/mol. The van der Waals surface area contributed by atoms with Crippen molar-refractivity contribution in [2.75, 3.05) is 0 Å². The summed E-state index contributed by atoms with van der Waals surface area (Å²) in [6.45, 7) is 1.87. The minimum absolute atomic E-state index is 0.0862. The second kappa shape index (κ2) is 2.73. The third-order valence-electron chi connectivity index (χ3n) is 2.79. The highest BCUT2D eigenvalue weighted by Crippen LogP contribution is 2.33. The van der Waals surface area contributed by atoms with Crippen LogP contribution in [0.1, 0.15) is 39.0 Å². The lowest BCUT2D eigenvalue weighted by molar-refractivity contribution is -0.151. The molecule has 2 aliphatic rings. The number of hydrogen-bond acceptors (Lipinski definition) is 3. The fourth-order valence-electron chi connectivity index (χ4n) is 2.13. The topological polar surface area (TPSA) is 38.3 Å². The molecule has 1 spiro atoms. The molecule has 0 amide bonds. The first-order valence-corrected chi connectivity index (χ1v) is 4.72. The van der Waals surface area contributed by atoms with Crippen LogP contribution in [0.25, 0.3) is 0 Å². The molecule has 0 aromatic rings. The Morgan fingerprint density at radius 3 is 2.58 bits per heavy atom. The van der Waals surface area contributed by atoms with Crippen LogP contribution in [0, 0.1) is 0 Å². The SMILES string of the molecule is CC1NC2(CCCCC2)OC1=O. The van der Waals surface area contributed by atoms with Gasteiger partial charge in [0, 0.05) is 12.8 Å². The zero-order valence-corrected chi connectivity index (χ0v) is 7.43. The van der Waals surface area contributed by atoms with Crippen LogP contribution in [0.5, 0.6) is 0 Å². The van der Waals surface area contributed by atoms with E-state index >= 15 is 0 Å². The van der Waals surface area contributed by atoms with Crippen molar-refractivity contribution in [1.82, 2.24) is 5.32 Å². The summed E-state index contributed by atoms with van der Waals surface area (Å²) in [5.41, 5.74) is -0.283. The molecule has 0 radical (unpaired) electrons. The van der Waals surface area contributed by atoms with Gasteiger partial charge in [-0.15, -0.1) is 0 Å². The molecule has 12 heavy (non-hydrogen) atoms. The van der Waals surface area contributed by atoms with Crippen molar-refractivity contribution in [3.8, 4) is 0 Å². The van der Waals surface area contributed by atoms with Crippen molar-refractivity contribution in [1.29, 1.82) is 0 Å². The number of ether oxygens (including phenoxy) is 1. The van der Waals surface area contributed by atoms with E-state index in [2.05, 4.69) is 5.32 Å². The molecule has 3 nitrogen and oxygen atoms in total. The molecular formula is C9H15NO2. The fourth-order valence-corrected chi connectivity index (χ4v) is 2.13. The van der Waals surface area contributed by atoms with E-state index in [1.54, 1.807) is 0 Å². The highest BCUT2D eigenvalue weighted by molar-refractivity contribution is 5.77.